The lowest BCUT2D eigenvalue weighted by atomic mass is 10.3. The van der Waals surface area contributed by atoms with Gasteiger partial charge in [-0.1, -0.05) is 0 Å². The predicted molar refractivity (Wildman–Crippen MR) is 128 cm³/mol. The average molecular weight is 470 g/mol. The molecule has 4 rings (SSSR count). The van der Waals surface area contributed by atoms with Crippen molar-refractivity contribution in [3.8, 4) is 11.5 Å². The molecule has 2 N–H and O–H groups in total. The highest BCUT2D eigenvalue weighted by Crippen LogP contribution is 2.33. The topological polar surface area (TPSA) is 106 Å². The fourth-order valence-electron chi connectivity index (χ4n) is 3.50. The first-order valence-electron chi connectivity index (χ1n) is 10.8. The molecule has 174 valence electrons. The molecule has 2 heterocycles. The lowest BCUT2D eigenvalue weighted by Gasteiger charge is -2.20. The van der Waals surface area contributed by atoms with Gasteiger partial charge in [-0.3, -0.25) is 4.72 Å². The second kappa shape index (κ2) is 9.53. The maximum absolute atomic E-state index is 12.8. The number of hydrogen-bond acceptors (Lipinski definition) is 8. The molecule has 0 amide bonds. The first-order valence-corrected chi connectivity index (χ1v) is 12.3. The van der Waals surface area contributed by atoms with Gasteiger partial charge in [-0.2, -0.15) is 0 Å². The summed E-state index contributed by atoms with van der Waals surface area (Å²) in [5.74, 6) is 3.17. The summed E-state index contributed by atoms with van der Waals surface area (Å²) in [6.07, 6.45) is 0. The van der Waals surface area contributed by atoms with E-state index in [1.807, 2.05) is 13.0 Å². The summed E-state index contributed by atoms with van der Waals surface area (Å²) >= 11 is 0. The Kier molecular flexibility index (Phi) is 6.55. The van der Waals surface area contributed by atoms with E-state index in [4.69, 9.17) is 9.47 Å². The Bertz CT molecular complexity index is 1230. The van der Waals surface area contributed by atoms with Crippen LogP contribution >= 0.6 is 0 Å². The number of hydrogen-bond donors (Lipinski definition) is 2. The van der Waals surface area contributed by atoms with Gasteiger partial charge in [-0.15, -0.1) is 0 Å². The van der Waals surface area contributed by atoms with Crippen molar-refractivity contribution in [3.05, 3.63) is 54.4 Å². The van der Waals surface area contributed by atoms with Crippen molar-refractivity contribution < 1.29 is 17.9 Å². The third kappa shape index (κ3) is 5.28. The molecule has 0 radical (unpaired) electrons. The number of sulfonamides is 1. The van der Waals surface area contributed by atoms with Crippen LogP contribution in [0.15, 0.2) is 53.4 Å². The minimum absolute atomic E-state index is 0.106. The molecular formula is C23H27N5O4S. The van der Waals surface area contributed by atoms with Gasteiger partial charge in [0.1, 0.15) is 30.7 Å². The van der Waals surface area contributed by atoms with Gasteiger partial charge in [0.25, 0.3) is 10.0 Å². The van der Waals surface area contributed by atoms with E-state index in [0.717, 1.165) is 24.6 Å². The van der Waals surface area contributed by atoms with Gasteiger partial charge in [0, 0.05) is 36.6 Å². The Balaban J connectivity index is 1.48. The number of aryl methyl sites for hydroxylation is 1. The molecule has 0 bridgehead atoms. The third-order valence-electron chi connectivity index (χ3n) is 5.15. The van der Waals surface area contributed by atoms with Crippen LogP contribution in [0.2, 0.25) is 0 Å². The van der Waals surface area contributed by atoms with Gasteiger partial charge >= 0.3 is 0 Å². The lowest BCUT2D eigenvalue weighted by molar-refractivity contribution is 0.171. The maximum atomic E-state index is 12.8. The minimum atomic E-state index is -3.78. The average Bonchev–Trinajstić information content (AvgIpc) is 2.80. The monoisotopic (exact) mass is 469 g/mol. The summed E-state index contributed by atoms with van der Waals surface area (Å²) in [6.45, 7) is 8.56. The first kappa shape index (κ1) is 22.7. The van der Waals surface area contributed by atoms with Gasteiger partial charge in [-0.05, 0) is 57.2 Å². The van der Waals surface area contributed by atoms with Crippen LogP contribution in [0.25, 0.3) is 0 Å². The summed E-state index contributed by atoms with van der Waals surface area (Å²) in [4.78, 5) is 11.2. The van der Waals surface area contributed by atoms with Gasteiger partial charge in [0.05, 0.1) is 4.90 Å². The molecule has 33 heavy (non-hydrogen) atoms. The molecule has 0 saturated carbocycles. The van der Waals surface area contributed by atoms with Crippen LogP contribution in [0.4, 0.5) is 23.0 Å². The Morgan fingerprint density at radius 2 is 1.58 bits per heavy atom. The van der Waals surface area contributed by atoms with Crippen LogP contribution in [0.5, 0.6) is 11.5 Å². The van der Waals surface area contributed by atoms with Gasteiger partial charge in [0.15, 0.2) is 11.5 Å². The van der Waals surface area contributed by atoms with Crippen molar-refractivity contribution in [2.75, 3.05) is 41.2 Å². The Labute approximate surface area is 193 Å². The number of nitrogens with one attached hydrogen (secondary N) is 2. The summed E-state index contributed by atoms with van der Waals surface area (Å²) in [5.41, 5.74) is 1.22. The van der Waals surface area contributed by atoms with Crippen molar-refractivity contribution >= 4 is 33.0 Å². The molecule has 1 aliphatic heterocycles. The zero-order valence-corrected chi connectivity index (χ0v) is 19.6. The normalized spacial score (nSPS) is 12.8. The van der Waals surface area contributed by atoms with E-state index in [-0.39, 0.29) is 4.90 Å². The lowest BCUT2D eigenvalue weighted by Crippen LogP contribution is -2.23. The fraction of sp³-hybridized carbons (Fsp3) is 0.304. The molecular weight excluding hydrogens is 442 g/mol. The number of nitrogens with zero attached hydrogens (tertiary/aromatic N) is 3. The summed E-state index contributed by atoms with van der Waals surface area (Å²) < 4.78 is 39.2. The van der Waals surface area contributed by atoms with E-state index >= 15 is 0 Å². The zero-order chi connectivity index (χ0) is 23.4. The smallest absolute Gasteiger partial charge is 0.262 e. The number of anilines is 4. The van der Waals surface area contributed by atoms with Gasteiger partial charge in [-0.25, -0.2) is 18.4 Å². The second-order valence-corrected chi connectivity index (χ2v) is 9.13. The zero-order valence-electron chi connectivity index (χ0n) is 18.8. The SMILES string of the molecule is CCN(CC)c1cc(Nc2ccc(NS(=O)(=O)c3ccc4c(c3)OCCO4)cc2)nc(C)n1. The number of ether oxygens (including phenoxy) is 2. The second-order valence-electron chi connectivity index (χ2n) is 7.44. The Morgan fingerprint density at radius 1 is 0.909 bits per heavy atom. The van der Waals surface area contributed by atoms with E-state index in [9.17, 15) is 8.42 Å². The van der Waals surface area contributed by atoms with E-state index in [2.05, 4.69) is 38.8 Å². The van der Waals surface area contributed by atoms with Crippen LogP contribution < -0.4 is 24.4 Å². The van der Waals surface area contributed by atoms with Crippen LogP contribution in [-0.4, -0.2) is 44.7 Å². The number of aromatic nitrogens is 2. The van der Waals surface area contributed by atoms with Crippen molar-refractivity contribution in [2.24, 2.45) is 0 Å². The molecule has 10 heteroatoms. The van der Waals surface area contributed by atoms with Crippen molar-refractivity contribution in [1.82, 2.24) is 9.97 Å². The van der Waals surface area contributed by atoms with Gasteiger partial charge < -0.3 is 19.7 Å². The van der Waals surface area contributed by atoms with E-state index in [1.54, 1.807) is 30.3 Å². The fourth-order valence-corrected chi connectivity index (χ4v) is 4.57. The number of benzene rings is 2. The third-order valence-corrected chi connectivity index (χ3v) is 6.52. The van der Waals surface area contributed by atoms with Crippen LogP contribution in [0.1, 0.15) is 19.7 Å². The van der Waals surface area contributed by atoms with Crippen molar-refractivity contribution in [2.45, 2.75) is 25.7 Å². The largest absolute Gasteiger partial charge is 0.486 e. The van der Waals surface area contributed by atoms with Crippen LogP contribution in [0.3, 0.4) is 0 Å². The minimum Gasteiger partial charge on any atom is -0.486 e. The van der Waals surface area contributed by atoms with Crippen molar-refractivity contribution in [3.63, 3.8) is 0 Å². The molecule has 3 aromatic rings. The number of rotatable bonds is 8. The standard InChI is InChI=1S/C23H27N5O4S/c1-4-28(5-2)23-15-22(24-16(3)25-23)26-17-6-8-18(9-7-17)27-33(29,30)19-10-11-20-21(14-19)32-13-12-31-20/h6-11,14-15,27H,4-5,12-13H2,1-3H3,(H,24,25,26). The maximum Gasteiger partial charge on any atom is 0.262 e. The van der Waals surface area contributed by atoms with Crippen LogP contribution in [0, 0.1) is 6.92 Å². The molecule has 0 aliphatic carbocycles. The molecule has 0 spiro atoms. The van der Waals surface area contributed by atoms with Crippen molar-refractivity contribution in [1.29, 1.82) is 0 Å². The van der Waals surface area contributed by atoms with Crippen LogP contribution in [-0.2, 0) is 10.0 Å². The summed E-state index contributed by atoms with van der Waals surface area (Å²) in [6, 6.07) is 13.4. The molecule has 9 nitrogen and oxygen atoms in total. The van der Waals surface area contributed by atoms with E-state index < -0.39 is 10.0 Å². The quantitative estimate of drug-likeness (QED) is 0.511. The highest BCUT2D eigenvalue weighted by Gasteiger charge is 2.19. The first-order chi connectivity index (χ1) is 15.9. The predicted octanol–water partition coefficient (Wildman–Crippen LogP) is 3.95. The van der Waals surface area contributed by atoms with E-state index in [0.29, 0.717) is 42.0 Å². The highest BCUT2D eigenvalue weighted by molar-refractivity contribution is 7.92. The molecule has 0 fully saturated rings. The Hall–Kier alpha value is -3.53. The molecule has 0 unspecified atom stereocenters. The van der Waals surface area contributed by atoms with Gasteiger partial charge in [0.2, 0.25) is 0 Å². The molecule has 1 aromatic heterocycles. The molecule has 1 aliphatic rings. The highest BCUT2D eigenvalue weighted by atomic mass is 32.2. The summed E-state index contributed by atoms with van der Waals surface area (Å²) in [7, 11) is -3.78. The molecule has 2 aromatic carbocycles. The number of fused-ring (bicyclic) bond motifs is 1. The summed E-state index contributed by atoms with van der Waals surface area (Å²) in [5, 5.41) is 3.26. The van der Waals surface area contributed by atoms with E-state index in [1.165, 1.54) is 12.1 Å². The Morgan fingerprint density at radius 3 is 2.27 bits per heavy atom. The molecule has 0 saturated heterocycles. The molecule has 0 atom stereocenters.